The molecule has 1 heterocycles. The van der Waals surface area contributed by atoms with Crippen LogP contribution in [0.1, 0.15) is 35.8 Å². The summed E-state index contributed by atoms with van der Waals surface area (Å²) in [5.41, 5.74) is 1.27. The highest BCUT2D eigenvalue weighted by Gasteiger charge is 2.22. The molecule has 4 nitrogen and oxygen atoms in total. The van der Waals surface area contributed by atoms with E-state index in [9.17, 15) is 13.6 Å². The maximum absolute atomic E-state index is 12.8. The first-order valence-electron chi connectivity index (χ1n) is 8.14. The Kier molecular flexibility index (Phi) is 7.38. The van der Waals surface area contributed by atoms with Gasteiger partial charge in [-0.05, 0) is 48.8 Å². The first kappa shape index (κ1) is 20.2. The average Bonchev–Trinajstić information content (AvgIpc) is 2.60. The van der Waals surface area contributed by atoms with Crippen molar-refractivity contribution in [3.05, 3.63) is 53.9 Å². The van der Waals surface area contributed by atoms with E-state index in [1.54, 1.807) is 42.2 Å². The van der Waals surface area contributed by atoms with Crippen molar-refractivity contribution in [1.29, 1.82) is 0 Å². The number of pyridine rings is 1. The van der Waals surface area contributed by atoms with Crippen LogP contribution in [0.25, 0.3) is 0 Å². The van der Waals surface area contributed by atoms with Crippen LogP contribution in [0, 0.1) is 0 Å². The SMILES string of the molecule is CSCCCC(=O)c1ccc(COc2ccc(OC(C)(F)F)cc2)cn1. The zero-order valence-corrected chi connectivity index (χ0v) is 15.5. The standard InChI is InChI=1S/C19H21F2NO3S/c1-19(20,21)25-16-8-6-15(7-9-16)24-13-14-5-10-17(22-12-14)18(23)4-3-11-26-2/h5-10,12H,3-4,11,13H2,1-2H3. The highest BCUT2D eigenvalue weighted by molar-refractivity contribution is 7.98. The number of hydrogen-bond acceptors (Lipinski definition) is 5. The Bertz CT molecular complexity index is 700. The van der Waals surface area contributed by atoms with Crippen molar-refractivity contribution < 1.29 is 23.0 Å². The van der Waals surface area contributed by atoms with Crippen LogP contribution in [-0.4, -0.2) is 28.9 Å². The van der Waals surface area contributed by atoms with Gasteiger partial charge in [0.2, 0.25) is 0 Å². The lowest BCUT2D eigenvalue weighted by atomic mass is 10.1. The lowest BCUT2D eigenvalue weighted by Gasteiger charge is -2.13. The number of benzene rings is 1. The van der Waals surface area contributed by atoms with Gasteiger partial charge < -0.3 is 9.47 Å². The molecule has 0 aliphatic rings. The van der Waals surface area contributed by atoms with Gasteiger partial charge in [0.25, 0.3) is 0 Å². The molecule has 0 fully saturated rings. The van der Waals surface area contributed by atoms with Crippen LogP contribution in [0.3, 0.4) is 0 Å². The van der Waals surface area contributed by atoms with Crippen LogP contribution in [-0.2, 0) is 6.61 Å². The Morgan fingerprint density at radius 3 is 2.42 bits per heavy atom. The van der Waals surface area contributed by atoms with Gasteiger partial charge in [-0.3, -0.25) is 9.78 Å². The van der Waals surface area contributed by atoms with Gasteiger partial charge in [0.1, 0.15) is 23.8 Å². The van der Waals surface area contributed by atoms with Crippen molar-refractivity contribution in [2.75, 3.05) is 12.0 Å². The smallest absolute Gasteiger partial charge is 0.394 e. The van der Waals surface area contributed by atoms with Crippen molar-refractivity contribution in [3.63, 3.8) is 0 Å². The third-order valence-electron chi connectivity index (χ3n) is 3.39. The van der Waals surface area contributed by atoms with Gasteiger partial charge in [0.15, 0.2) is 5.78 Å². The van der Waals surface area contributed by atoms with E-state index in [0.29, 0.717) is 24.8 Å². The second-order valence-electron chi connectivity index (χ2n) is 5.74. The van der Waals surface area contributed by atoms with Gasteiger partial charge in [-0.1, -0.05) is 6.07 Å². The summed E-state index contributed by atoms with van der Waals surface area (Å²) in [6, 6.07) is 9.43. The molecule has 2 rings (SSSR count). The average molecular weight is 381 g/mol. The predicted molar refractivity (Wildman–Crippen MR) is 98.2 cm³/mol. The summed E-state index contributed by atoms with van der Waals surface area (Å²) in [4.78, 5) is 16.2. The molecule has 1 aromatic heterocycles. The summed E-state index contributed by atoms with van der Waals surface area (Å²) >= 11 is 1.71. The van der Waals surface area contributed by atoms with Gasteiger partial charge in [0.05, 0.1) is 0 Å². The van der Waals surface area contributed by atoms with Crippen molar-refractivity contribution in [1.82, 2.24) is 4.98 Å². The Balaban J connectivity index is 1.85. The minimum Gasteiger partial charge on any atom is -0.489 e. The molecule has 0 spiro atoms. The molecule has 0 aliphatic heterocycles. The van der Waals surface area contributed by atoms with E-state index >= 15 is 0 Å². The van der Waals surface area contributed by atoms with Gasteiger partial charge >= 0.3 is 6.11 Å². The maximum Gasteiger partial charge on any atom is 0.394 e. The second-order valence-corrected chi connectivity index (χ2v) is 6.73. The molecule has 26 heavy (non-hydrogen) atoms. The molecular weight excluding hydrogens is 360 g/mol. The number of ketones is 1. The van der Waals surface area contributed by atoms with Crippen LogP contribution < -0.4 is 9.47 Å². The lowest BCUT2D eigenvalue weighted by Crippen LogP contribution is -2.18. The largest absolute Gasteiger partial charge is 0.489 e. The summed E-state index contributed by atoms with van der Waals surface area (Å²) in [6.07, 6.45) is 1.74. The van der Waals surface area contributed by atoms with E-state index in [2.05, 4.69) is 9.72 Å². The molecular formula is C19H21F2NO3S. The number of nitrogens with zero attached hydrogens (tertiary/aromatic N) is 1. The molecule has 0 unspecified atom stereocenters. The Hall–Kier alpha value is -2.15. The molecule has 0 N–H and O–H groups in total. The molecule has 0 amide bonds. The number of carbonyl (C=O) groups excluding carboxylic acids is 1. The first-order chi connectivity index (χ1) is 12.4. The fourth-order valence-corrected chi connectivity index (χ4v) is 2.59. The zero-order valence-electron chi connectivity index (χ0n) is 14.7. The lowest BCUT2D eigenvalue weighted by molar-refractivity contribution is -0.158. The van der Waals surface area contributed by atoms with Gasteiger partial charge in [-0.15, -0.1) is 0 Å². The summed E-state index contributed by atoms with van der Waals surface area (Å²) < 4.78 is 35.6. The summed E-state index contributed by atoms with van der Waals surface area (Å²) in [7, 11) is 0. The van der Waals surface area contributed by atoms with Crippen LogP contribution in [0.5, 0.6) is 11.5 Å². The molecule has 0 bridgehead atoms. The van der Waals surface area contributed by atoms with Crippen LogP contribution >= 0.6 is 11.8 Å². The van der Waals surface area contributed by atoms with Crippen LogP contribution in [0.2, 0.25) is 0 Å². The topological polar surface area (TPSA) is 48.4 Å². The van der Waals surface area contributed by atoms with Gasteiger partial charge in [0, 0.05) is 25.1 Å². The van der Waals surface area contributed by atoms with Crippen molar-refractivity contribution >= 4 is 17.5 Å². The molecule has 2 aromatic rings. The molecule has 0 saturated heterocycles. The van der Waals surface area contributed by atoms with Crippen LogP contribution in [0.15, 0.2) is 42.6 Å². The number of hydrogen-bond donors (Lipinski definition) is 0. The van der Waals surface area contributed by atoms with E-state index in [4.69, 9.17) is 4.74 Å². The van der Waals surface area contributed by atoms with E-state index in [1.165, 1.54) is 12.1 Å². The van der Waals surface area contributed by atoms with Gasteiger partial charge in [-0.25, -0.2) is 0 Å². The Morgan fingerprint density at radius 1 is 1.15 bits per heavy atom. The minimum absolute atomic E-state index is 0.0369. The number of carbonyl (C=O) groups is 1. The van der Waals surface area contributed by atoms with Crippen molar-refractivity contribution in [3.8, 4) is 11.5 Å². The molecule has 0 aliphatic carbocycles. The van der Waals surface area contributed by atoms with E-state index in [-0.39, 0.29) is 18.1 Å². The van der Waals surface area contributed by atoms with Crippen molar-refractivity contribution in [2.24, 2.45) is 0 Å². The molecule has 0 atom stereocenters. The van der Waals surface area contributed by atoms with E-state index in [0.717, 1.165) is 17.7 Å². The quantitative estimate of drug-likeness (QED) is 0.429. The molecule has 7 heteroatoms. The van der Waals surface area contributed by atoms with E-state index < -0.39 is 6.11 Å². The molecule has 140 valence electrons. The van der Waals surface area contributed by atoms with Gasteiger partial charge in [-0.2, -0.15) is 20.5 Å². The first-order valence-corrected chi connectivity index (χ1v) is 9.53. The molecule has 0 saturated carbocycles. The normalized spacial score (nSPS) is 11.2. The number of rotatable bonds is 10. The summed E-state index contributed by atoms with van der Waals surface area (Å²) in [6.45, 7) is 0.944. The number of thioether (sulfide) groups is 1. The summed E-state index contributed by atoms with van der Waals surface area (Å²) in [5, 5.41) is 0. The Morgan fingerprint density at radius 2 is 1.85 bits per heavy atom. The predicted octanol–water partition coefficient (Wildman–Crippen LogP) is 4.98. The third-order valence-corrected chi connectivity index (χ3v) is 4.09. The fraction of sp³-hybridized carbons (Fsp3) is 0.368. The molecule has 0 radical (unpaired) electrons. The number of alkyl halides is 2. The monoisotopic (exact) mass is 381 g/mol. The second kappa shape index (κ2) is 9.52. The number of ether oxygens (including phenoxy) is 2. The molecule has 1 aromatic carbocycles. The number of aromatic nitrogens is 1. The zero-order chi connectivity index (χ0) is 19.0. The van der Waals surface area contributed by atoms with Crippen molar-refractivity contribution in [2.45, 2.75) is 32.5 Å². The third kappa shape index (κ3) is 7.00. The number of Topliss-reactive ketones (excluding diaryl/α,β-unsaturated/α-hetero) is 1. The van der Waals surface area contributed by atoms with E-state index in [1.807, 2.05) is 6.26 Å². The highest BCUT2D eigenvalue weighted by Crippen LogP contribution is 2.24. The highest BCUT2D eigenvalue weighted by atomic mass is 32.2. The minimum atomic E-state index is -3.22. The van der Waals surface area contributed by atoms with Crippen LogP contribution in [0.4, 0.5) is 8.78 Å². The number of halogens is 2. The summed E-state index contributed by atoms with van der Waals surface area (Å²) in [5.74, 6) is 1.58. The Labute approximate surface area is 155 Å². The fourth-order valence-electron chi connectivity index (χ4n) is 2.16. The maximum atomic E-state index is 12.8.